The van der Waals surface area contributed by atoms with Crippen molar-refractivity contribution in [1.82, 2.24) is 36.4 Å². The molecule has 6 N–H and O–H groups in total. The van der Waals surface area contributed by atoms with Gasteiger partial charge in [0.1, 0.15) is 30.8 Å². The number of ketones is 1. The summed E-state index contributed by atoms with van der Waals surface area (Å²) in [4.78, 5) is 120. The Labute approximate surface area is 351 Å². The number of aliphatic carboxylic acids is 1. The zero-order valence-corrected chi connectivity index (χ0v) is 35.7. The molecule has 2 aliphatic rings. The number of benzene rings is 1. The number of carbonyl (C=O) groups is 9. The molecule has 1 aromatic carbocycles. The first-order valence-corrected chi connectivity index (χ1v) is 20.9. The number of Topliss-reactive ketones (excluding diaryl/α,β-unsaturated/α-hetero) is 1. The summed E-state index contributed by atoms with van der Waals surface area (Å²) in [5.74, 6) is -7.13. The van der Waals surface area contributed by atoms with Crippen LogP contribution in [0, 0.1) is 11.8 Å². The van der Waals surface area contributed by atoms with Gasteiger partial charge in [-0.2, -0.15) is 0 Å². The minimum Gasteiger partial charge on any atom is -0.480 e. The van der Waals surface area contributed by atoms with Crippen LogP contribution in [0.15, 0.2) is 24.3 Å². The van der Waals surface area contributed by atoms with E-state index in [0.29, 0.717) is 45.2 Å². The van der Waals surface area contributed by atoms with Crippen LogP contribution in [-0.4, -0.2) is 125 Å². The molecule has 332 valence electrons. The van der Waals surface area contributed by atoms with Crippen molar-refractivity contribution in [3.63, 3.8) is 0 Å². The summed E-state index contributed by atoms with van der Waals surface area (Å²) in [5.41, 5.74) is 2.09. The summed E-state index contributed by atoms with van der Waals surface area (Å²) in [7, 11) is 1.53. The number of rotatable bonds is 22. The average Bonchev–Trinajstić information content (AvgIpc) is 3.64. The van der Waals surface area contributed by atoms with Gasteiger partial charge in [-0.3, -0.25) is 38.4 Å². The molecule has 3 rings (SSSR count). The van der Waals surface area contributed by atoms with E-state index in [2.05, 4.69) is 21.3 Å². The van der Waals surface area contributed by atoms with Gasteiger partial charge in [0.05, 0.1) is 12.6 Å². The zero-order valence-electron chi connectivity index (χ0n) is 35.7. The van der Waals surface area contributed by atoms with E-state index in [9.17, 15) is 43.2 Å². The molecule has 60 heavy (non-hydrogen) atoms. The molecule has 0 radical (unpaired) electrons. The van der Waals surface area contributed by atoms with E-state index in [1.54, 1.807) is 32.6 Å². The van der Waals surface area contributed by atoms with Crippen LogP contribution in [0.5, 0.6) is 0 Å². The van der Waals surface area contributed by atoms with E-state index in [0.717, 1.165) is 17.5 Å². The number of ether oxygens (including phenoxy) is 1. The number of fused-ring (bicyclic) bond motifs is 1. The van der Waals surface area contributed by atoms with Crippen LogP contribution in [0.3, 0.4) is 0 Å². The van der Waals surface area contributed by atoms with Crippen molar-refractivity contribution in [2.75, 3.05) is 26.7 Å². The Hall–Kier alpha value is -5.55. The molecule has 0 aliphatic carbocycles. The lowest BCUT2D eigenvalue weighted by molar-refractivity contribution is -0.145. The van der Waals surface area contributed by atoms with Crippen LogP contribution >= 0.6 is 0 Å². The van der Waals surface area contributed by atoms with Gasteiger partial charge in [-0.25, -0.2) is 4.79 Å². The lowest BCUT2D eigenvalue weighted by Crippen LogP contribution is -2.59. The fraction of sp³-hybridized carbons (Fsp3) is 0.643. The summed E-state index contributed by atoms with van der Waals surface area (Å²) >= 11 is 0. The first-order valence-electron chi connectivity index (χ1n) is 20.9. The van der Waals surface area contributed by atoms with Crippen LogP contribution in [0.4, 0.5) is 4.79 Å². The van der Waals surface area contributed by atoms with Crippen molar-refractivity contribution in [3.05, 3.63) is 35.4 Å². The SMILES string of the molecule is CCCCCC(NC(=O)C1C[C@@H](OC(=O)N2CCc3ccccc3C2)CN1C(=O)C(NC(=O)[C@@H](NC(=O)CCCCC(=O)NC)C(C)C)C(C)C)C(=O)C(=O)NCC(=O)O. The standard InChI is InChI=1S/C42H63N7O11/c1-7-8-9-16-30(37(54)40(57)44-22-34(52)53)45-38(55)31-21-29(60-42(59)48-20-19-27-14-10-11-15-28(27)23-48)24-49(31)41(58)36(26(4)5)47-39(56)35(25(2)3)46-33(51)18-13-12-17-32(50)43-6/h10-11,14-15,25-26,29-31,35-36H,7-9,12-13,16-24H2,1-6H3,(H,43,50)(H,44,57)(H,45,55)(H,46,51)(H,47,56)(H,52,53)/t29-,30?,31?,35+,36?/m1/s1. The van der Waals surface area contributed by atoms with E-state index >= 15 is 0 Å². The van der Waals surface area contributed by atoms with Crippen molar-refractivity contribution >= 4 is 53.3 Å². The monoisotopic (exact) mass is 841 g/mol. The highest BCUT2D eigenvalue weighted by Crippen LogP contribution is 2.26. The maximum atomic E-state index is 14.5. The lowest BCUT2D eigenvalue weighted by atomic mass is 9.98. The third kappa shape index (κ3) is 14.6. The maximum absolute atomic E-state index is 14.5. The molecular formula is C42H63N7O11. The third-order valence-corrected chi connectivity index (χ3v) is 10.7. The Balaban J connectivity index is 1.85. The number of hydrogen-bond acceptors (Lipinski definition) is 10. The maximum Gasteiger partial charge on any atom is 0.410 e. The second kappa shape index (κ2) is 23.9. The van der Waals surface area contributed by atoms with Crippen molar-refractivity contribution < 1.29 is 53.0 Å². The summed E-state index contributed by atoms with van der Waals surface area (Å²) in [6, 6.07) is 2.88. The Morgan fingerprint density at radius 2 is 1.48 bits per heavy atom. The number of nitrogens with one attached hydrogen (secondary N) is 5. The molecule has 1 fully saturated rings. The number of carbonyl (C=O) groups excluding carboxylic acids is 8. The molecule has 2 heterocycles. The highest BCUT2D eigenvalue weighted by Gasteiger charge is 2.46. The molecule has 2 aliphatic heterocycles. The average molecular weight is 842 g/mol. The molecule has 0 saturated carbocycles. The number of unbranched alkanes of at least 4 members (excludes halogenated alkanes) is 3. The number of amides is 7. The fourth-order valence-corrected chi connectivity index (χ4v) is 7.19. The number of likely N-dealkylation sites (tertiary alicyclic amines) is 1. The van der Waals surface area contributed by atoms with Crippen molar-refractivity contribution in [3.8, 4) is 0 Å². The summed E-state index contributed by atoms with van der Waals surface area (Å²) in [5, 5.41) is 21.7. The van der Waals surface area contributed by atoms with E-state index in [-0.39, 0.29) is 44.1 Å². The fourth-order valence-electron chi connectivity index (χ4n) is 7.19. The third-order valence-electron chi connectivity index (χ3n) is 10.7. The highest BCUT2D eigenvalue weighted by molar-refractivity contribution is 6.38. The van der Waals surface area contributed by atoms with Crippen LogP contribution in [-0.2, 0) is 56.1 Å². The van der Waals surface area contributed by atoms with E-state index < -0.39 is 90.1 Å². The van der Waals surface area contributed by atoms with Gasteiger partial charge in [0, 0.05) is 39.4 Å². The minimum absolute atomic E-state index is 0.0650. The van der Waals surface area contributed by atoms with Gasteiger partial charge < -0.3 is 46.2 Å². The van der Waals surface area contributed by atoms with Crippen LogP contribution in [0.1, 0.15) is 104 Å². The molecule has 3 unspecified atom stereocenters. The smallest absolute Gasteiger partial charge is 0.410 e. The highest BCUT2D eigenvalue weighted by atomic mass is 16.6. The number of nitrogens with zero attached hydrogens (tertiary/aromatic N) is 2. The number of carboxylic acids is 1. The molecule has 0 spiro atoms. The Morgan fingerprint density at radius 1 is 0.833 bits per heavy atom. The number of hydrogen-bond donors (Lipinski definition) is 6. The van der Waals surface area contributed by atoms with Gasteiger partial charge >= 0.3 is 12.1 Å². The minimum atomic E-state index is -1.36. The molecule has 0 aromatic heterocycles. The van der Waals surface area contributed by atoms with Crippen LogP contribution < -0.4 is 26.6 Å². The molecular weight excluding hydrogens is 778 g/mol. The van der Waals surface area contributed by atoms with Gasteiger partial charge in [-0.15, -0.1) is 0 Å². The first-order chi connectivity index (χ1) is 28.5. The van der Waals surface area contributed by atoms with Crippen molar-refractivity contribution in [2.24, 2.45) is 11.8 Å². The van der Waals surface area contributed by atoms with Crippen molar-refractivity contribution in [2.45, 2.75) is 136 Å². The molecule has 1 saturated heterocycles. The molecule has 18 heteroatoms. The summed E-state index contributed by atoms with van der Waals surface area (Å²) in [6.45, 7) is 8.49. The van der Waals surface area contributed by atoms with E-state index in [1.807, 2.05) is 36.5 Å². The lowest BCUT2D eigenvalue weighted by Gasteiger charge is -2.32. The largest absolute Gasteiger partial charge is 0.480 e. The topological polar surface area (TPSA) is 250 Å². The van der Waals surface area contributed by atoms with Crippen LogP contribution in [0.25, 0.3) is 0 Å². The first kappa shape index (κ1) is 48.8. The Morgan fingerprint density at radius 3 is 2.10 bits per heavy atom. The van der Waals surface area contributed by atoms with Gasteiger partial charge in [0.15, 0.2) is 0 Å². The van der Waals surface area contributed by atoms with Gasteiger partial charge in [0.2, 0.25) is 35.3 Å². The van der Waals surface area contributed by atoms with Gasteiger partial charge in [0.25, 0.3) is 5.91 Å². The second-order valence-corrected chi connectivity index (χ2v) is 16.1. The predicted molar refractivity (Wildman–Crippen MR) is 219 cm³/mol. The van der Waals surface area contributed by atoms with Gasteiger partial charge in [-0.1, -0.05) is 78.1 Å². The quantitative estimate of drug-likeness (QED) is 0.0723. The zero-order chi connectivity index (χ0) is 44.5. The summed E-state index contributed by atoms with van der Waals surface area (Å²) in [6.07, 6.45) is 2.07. The molecule has 0 bridgehead atoms. The normalized spacial score (nSPS) is 17.5. The Kier molecular flexibility index (Phi) is 19.4. The van der Waals surface area contributed by atoms with Gasteiger partial charge in [-0.05, 0) is 48.6 Å². The molecule has 1 aromatic rings. The molecule has 18 nitrogen and oxygen atoms in total. The molecule has 7 amide bonds. The second-order valence-electron chi connectivity index (χ2n) is 16.1. The number of carboxylic acid groups (broad SMARTS) is 1. The Bertz CT molecular complexity index is 1720. The van der Waals surface area contributed by atoms with Crippen LogP contribution in [0.2, 0.25) is 0 Å². The van der Waals surface area contributed by atoms with E-state index in [4.69, 9.17) is 9.84 Å². The summed E-state index contributed by atoms with van der Waals surface area (Å²) < 4.78 is 5.92. The van der Waals surface area contributed by atoms with E-state index in [1.165, 1.54) is 11.9 Å². The van der Waals surface area contributed by atoms with Crippen molar-refractivity contribution in [1.29, 1.82) is 0 Å². The molecule has 5 atom stereocenters. The predicted octanol–water partition coefficient (Wildman–Crippen LogP) is 1.57.